The second-order valence-electron chi connectivity index (χ2n) is 3.18. The Kier molecular flexibility index (Phi) is 2.47. The number of fused-ring (bicyclic) bond motifs is 1. The fourth-order valence-corrected chi connectivity index (χ4v) is 1.51. The number of hydrogen-bond acceptors (Lipinski definition) is 4. The molecule has 0 spiro atoms. The molecule has 0 aliphatic rings. The lowest BCUT2D eigenvalue weighted by molar-refractivity contribution is 0.141. The molecule has 0 saturated carbocycles. The van der Waals surface area contributed by atoms with Crippen LogP contribution in [0.5, 0.6) is 0 Å². The first kappa shape index (κ1) is 9.18. The summed E-state index contributed by atoms with van der Waals surface area (Å²) in [4.78, 5) is 4.54. The first-order chi connectivity index (χ1) is 6.83. The quantitative estimate of drug-likeness (QED) is 0.750. The molecule has 0 atom stereocenters. The van der Waals surface area contributed by atoms with Gasteiger partial charge in [-0.3, -0.25) is 0 Å². The zero-order chi connectivity index (χ0) is 9.97. The lowest BCUT2D eigenvalue weighted by Crippen LogP contribution is -2.03. The van der Waals surface area contributed by atoms with E-state index in [-0.39, 0.29) is 0 Å². The Morgan fingerprint density at radius 1 is 1.50 bits per heavy atom. The van der Waals surface area contributed by atoms with Crippen molar-refractivity contribution in [1.29, 1.82) is 0 Å². The Balaban J connectivity index is 2.44. The molecule has 0 aliphatic heterocycles. The maximum Gasteiger partial charge on any atom is 0.170 e. The molecule has 2 aromatic rings. The lowest BCUT2D eigenvalue weighted by Gasteiger charge is -1.99. The number of benzene rings is 1. The Bertz CT molecular complexity index is 437. The van der Waals surface area contributed by atoms with Crippen LogP contribution < -0.4 is 5.90 Å². The summed E-state index contributed by atoms with van der Waals surface area (Å²) in [7, 11) is 0. The van der Waals surface area contributed by atoms with Gasteiger partial charge in [0.25, 0.3) is 0 Å². The van der Waals surface area contributed by atoms with Gasteiger partial charge < -0.3 is 9.36 Å². The Hall–Kier alpha value is -1.39. The van der Waals surface area contributed by atoms with Crippen molar-refractivity contribution >= 4 is 11.0 Å². The molecule has 0 fully saturated rings. The van der Waals surface area contributed by atoms with Crippen molar-refractivity contribution in [3.8, 4) is 0 Å². The maximum absolute atomic E-state index is 5.23. The van der Waals surface area contributed by atoms with Crippen LogP contribution in [0, 0.1) is 6.92 Å². The third kappa shape index (κ3) is 1.49. The molecular weight excluding hydrogens is 180 g/mol. The topological polar surface area (TPSA) is 61.3 Å². The second-order valence-corrected chi connectivity index (χ2v) is 3.18. The van der Waals surface area contributed by atoms with Crippen LogP contribution in [-0.4, -0.2) is 11.8 Å². The Labute approximate surface area is 81.6 Å². The normalized spacial score (nSPS) is 11.0. The highest BCUT2D eigenvalue weighted by atomic mass is 16.6. The molecule has 1 heterocycles. The second kappa shape index (κ2) is 3.77. The first-order valence-electron chi connectivity index (χ1n) is 4.48. The number of aromatic nitrogens is 1. The van der Waals surface area contributed by atoms with Gasteiger partial charge in [-0.25, -0.2) is 5.90 Å². The summed E-state index contributed by atoms with van der Waals surface area (Å²) in [5, 5.41) is 4.97. The molecule has 0 radical (unpaired) electrons. The molecule has 74 valence electrons. The minimum Gasteiger partial charge on any atom is -0.356 e. The standard InChI is InChI=1S/C10H12N2O2/c1-7-9-4-2-3-8(5-6-13-11)10(9)14-12-7/h2-4H,5-6,11H2,1H3. The van der Waals surface area contributed by atoms with Crippen molar-refractivity contribution in [2.24, 2.45) is 5.90 Å². The summed E-state index contributed by atoms with van der Waals surface area (Å²) < 4.78 is 5.23. The molecule has 1 aromatic heterocycles. The molecule has 0 saturated heterocycles. The molecule has 2 N–H and O–H groups in total. The van der Waals surface area contributed by atoms with Crippen LogP contribution in [0.2, 0.25) is 0 Å². The number of nitrogens with zero attached hydrogens (tertiary/aromatic N) is 1. The van der Waals surface area contributed by atoms with E-state index >= 15 is 0 Å². The average Bonchev–Trinajstić information content (AvgIpc) is 2.58. The van der Waals surface area contributed by atoms with Crippen LogP contribution in [-0.2, 0) is 11.3 Å². The number of aryl methyl sites for hydroxylation is 1. The number of rotatable bonds is 3. The van der Waals surface area contributed by atoms with Crippen LogP contribution in [0.1, 0.15) is 11.3 Å². The van der Waals surface area contributed by atoms with Gasteiger partial charge in [-0.1, -0.05) is 17.3 Å². The van der Waals surface area contributed by atoms with E-state index in [2.05, 4.69) is 9.99 Å². The van der Waals surface area contributed by atoms with Crippen molar-refractivity contribution < 1.29 is 9.36 Å². The minimum absolute atomic E-state index is 0.485. The smallest absolute Gasteiger partial charge is 0.170 e. The predicted molar refractivity (Wildman–Crippen MR) is 52.6 cm³/mol. The van der Waals surface area contributed by atoms with Crippen molar-refractivity contribution in [1.82, 2.24) is 5.16 Å². The molecule has 1 aromatic carbocycles. The van der Waals surface area contributed by atoms with Gasteiger partial charge in [0.15, 0.2) is 5.58 Å². The summed E-state index contributed by atoms with van der Waals surface area (Å²) in [6.45, 7) is 2.41. The largest absolute Gasteiger partial charge is 0.356 e. The van der Waals surface area contributed by atoms with Crippen LogP contribution in [0.3, 0.4) is 0 Å². The van der Waals surface area contributed by atoms with Crippen LogP contribution in [0.4, 0.5) is 0 Å². The van der Waals surface area contributed by atoms with Gasteiger partial charge in [-0.15, -0.1) is 0 Å². The third-order valence-corrected chi connectivity index (χ3v) is 2.25. The van der Waals surface area contributed by atoms with Gasteiger partial charge in [-0.2, -0.15) is 0 Å². The highest BCUT2D eigenvalue weighted by Crippen LogP contribution is 2.21. The molecule has 4 heteroatoms. The first-order valence-corrected chi connectivity index (χ1v) is 4.48. The van der Waals surface area contributed by atoms with Crippen LogP contribution in [0.25, 0.3) is 11.0 Å². The summed E-state index contributed by atoms with van der Waals surface area (Å²) in [6, 6.07) is 5.97. The molecule has 4 nitrogen and oxygen atoms in total. The van der Waals surface area contributed by atoms with Gasteiger partial charge in [-0.05, 0) is 13.0 Å². The minimum atomic E-state index is 0.485. The van der Waals surface area contributed by atoms with E-state index in [1.807, 2.05) is 25.1 Å². The zero-order valence-corrected chi connectivity index (χ0v) is 7.99. The highest BCUT2D eigenvalue weighted by Gasteiger charge is 2.07. The molecule has 0 aliphatic carbocycles. The predicted octanol–water partition coefficient (Wildman–Crippen LogP) is 1.57. The Morgan fingerprint density at radius 2 is 2.36 bits per heavy atom. The molecule has 14 heavy (non-hydrogen) atoms. The molecule has 0 bridgehead atoms. The molecule has 2 rings (SSSR count). The molecular formula is C10H12N2O2. The van der Waals surface area contributed by atoms with Gasteiger partial charge in [0.1, 0.15) is 0 Å². The van der Waals surface area contributed by atoms with E-state index in [4.69, 9.17) is 10.4 Å². The fraction of sp³-hybridized carbons (Fsp3) is 0.300. The third-order valence-electron chi connectivity index (χ3n) is 2.25. The lowest BCUT2D eigenvalue weighted by atomic mass is 10.1. The van der Waals surface area contributed by atoms with E-state index < -0.39 is 0 Å². The van der Waals surface area contributed by atoms with Gasteiger partial charge in [0.05, 0.1) is 12.3 Å². The summed E-state index contributed by atoms with van der Waals surface area (Å²) in [6.07, 6.45) is 0.739. The van der Waals surface area contributed by atoms with E-state index in [1.165, 1.54) is 0 Å². The maximum atomic E-state index is 5.23. The number of nitrogens with two attached hydrogens (primary N) is 1. The van der Waals surface area contributed by atoms with Crippen molar-refractivity contribution in [3.05, 3.63) is 29.5 Å². The van der Waals surface area contributed by atoms with Gasteiger partial charge >= 0.3 is 0 Å². The summed E-state index contributed by atoms with van der Waals surface area (Å²) in [5.74, 6) is 4.98. The van der Waals surface area contributed by atoms with Gasteiger partial charge in [0.2, 0.25) is 0 Å². The van der Waals surface area contributed by atoms with E-state index in [9.17, 15) is 0 Å². The van der Waals surface area contributed by atoms with Gasteiger partial charge in [0, 0.05) is 17.4 Å². The van der Waals surface area contributed by atoms with Crippen LogP contribution in [0.15, 0.2) is 22.7 Å². The molecule has 0 amide bonds. The van der Waals surface area contributed by atoms with E-state index in [1.54, 1.807) is 0 Å². The summed E-state index contributed by atoms with van der Waals surface area (Å²) >= 11 is 0. The number of hydrogen-bond donors (Lipinski definition) is 1. The monoisotopic (exact) mass is 192 g/mol. The highest BCUT2D eigenvalue weighted by molar-refractivity contribution is 5.82. The number of para-hydroxylation sites is 1. The SMILES string of the molecule is Cc1noc2c(CCON)cccc12. The van der Waals surface area contributed by atoms with E-state index in [0.29, 0.717) is 6.61 Å². The fourth-order valence-electron chi connectivity index (χ4n) is 1.51. The van der Waals surface area contributed by atoms with Crippen molar-refractivity contribution in [3.63, 3.8) is 0 Å². The van der Waals surface area contributed by atoms with Crippen molar-refractivity contribution in [2.75, 3.05) is 6.61 Å². The molecule has 0 unspecified atom stereocenters. The summed E-state index contributed by atoms with van der Waals surface area (Å²) in [5.41, 5.74) is 2.83. The van der Waals surface area contributed by atoms with Crippen molar-refractivity contribution in [2.45, 2.75) is 13.3 Å². The Morgan fingerprint density at radius 3 is 3.14 bits per heavy atom. The zero-order valence-electron chi connectivity index (χ0n) is 7.99. The average molecular weight is 192 g/mol. The van der Waals surface area contributed by atoms with E-state index in [0.717, 1.165) is 28.6 Å². The van der Waals surface area contributed by atoms with Crippen LogP contribution >= 0.6 is 0 Å².